The Hall–Kier alpha value is -2.27. The summed E-state index contributed by atoms with van der Waals surface area (Å²) in [6.45, 7) is 3.50. The van der Waals surface area contributed by atoms with Crippen LogP contribution in [0, 0.1) is 0 Å². The average molecular weight is 437 g/mol. The van der Waals surface area contributed by atoms with Gasteiger partial charge >= 0.3 is 6.03 Å². The summed E-state index contributed by atoms with van der Waals surface area (Å²) in [5.74, 6) is -0.434. The van der Waals surface area contributed by atoms with Crippen LogP contribution in [0.5, 0.6) is 0 Å². The van der Waals surface area contributed by atoms with Crippen LogP contribution >= 0.6 is 11.3 Å². The molecule has 0 bridgehead atoms. The Morgan fingerprint density at radius 1 is 1.07 bits per heavy atom. The largest absolute Gasteiger partial charge is 0.338 e. The first-order valence-electron chi connectivity index (χ1n) is 9.35. The van der Waals surface area contributed by atoms with E-state index in [-0.39, 0.29) is 13.1 Å². The molecule has 29 heavy (non-hydrogen) atoms. The van der Waals surface area contributed by atoms with Gasteiger partial charge in [-0.3, -0.25) is 15.0 Å². The number of amides is 3. The van der Waals surface area contributed by atoms with Gasteiger partial charge in [0.25, 0.3) is 10.0 Å². The summed E-state index contributed by atoms with van der Waals surface area (Å²) >= 11 is 1.19. The van der Waals surface area contributed by atoms with Gasteiger partial charge in [-0.2, -0.15) is 4.31 Å². The zero-order valence-electron chi connectivity index (χ0n) is 16.1. The van der Waals surface area contributed by atoms with E-state index in [1.807, 2.05) is 35.2 Å². The maximum Gasteiger partial charge on any atom is 0.321 e. The fourth-order valence-electron chi connectivity index (χ4n) is 3.29. The molecule has 10 heteroatoms. The fourth-order valence-corrected chi connectivity index (χ4v) is 5.85. The van der Waals surface area contributed by atoms with Crippen LogP contribution in [-0.4, -0.2) is 62.3 Å². The molecule has 8 nitrogen and oxygen atoms in total. The highest BCUT2D eigenvalue weighted by Gasteiger charge is 2.35. The van der Waals surface area contributed by atoms with Crippen molar-refractivity contribution in [1.82, 2.24) is 19.8 Å². The monoisotopic (exact) mass is 436 g/mol. The molecule has 1 aliphatic rings. The highest BCUT2D eigenvalue weighted by atomic mass is 32.2. The van der Waals surface area contributed by atoms with Gasteiger partial charge < -0.3 is 5.32 Å². The van der Waals surface area contributed by atoms with E-state index in [0.717, 1.165) is 5.56 Å². The summed E-state index contributed by atoms with van der Waals surface area (Å²) in [5, 5.41) is 6.67. The number of rotatable bonds is 6. The molecule has 1 aromatic heterocycles. The van der Waals surface area contributed by atoms with Crippen molar-refractivity contribution in [2.75, 3.05) is 32.7 Å². The number of hydrogen-bond donors (Lipinski definition) is 2. The zero-order chi connectivity index (χ0) is 20.9. The summed E-state index contributed by atoms with van der Waals surface area (Å²) in [5.41, 5.74) is 0.754. The number of carbonyl (C=O) groups is 2. The van der Waals surface area contributed by atoms with Crippen molar-refractivity contribution in [3.05, 3.63) is 53.4 Å². The molecule has 3 amide bonds. The number of nitrogens with zero attached hydrogens (tertiary/aromatic N) is 2. The maximum atomic E-state index is 12.8. The molecule has 1 fully saturated rings. The topological polar surface area (TPSA) is 98.8 Å². The van der Waals surface area contributed by atoms with Crippen LogP contribution in [0.1, 0.15) is 18.5 Å². The highest BCUT2D eigenvalue weighted by Crippen LogP contribution is 2.26. The van der Waals surface area contributed by atoms with Gasteiger partial charge in [-0.15, -0.1) is 11.3 Å². The van der Waals surface area contributed by atoms with Gasteiger partial charge in [-0.1, -0.05) is 36.4 Å². The van der Waals surface area contributed by atoms with E-state index < -0.39 is 28.0 Å². The summed E-state index contributed by atoms with van der Waals surface area (Å²) in [4.78, 5) is 26.6. The van der Waals surface area contributed by atoms with Crippen LogP contribution in [0.15, 0.2) is 52.1 Å². The van der Waals surface area contributed by atoms with Crippen LogP contribution in [0.4, 0.5) is 4.79 Å². The van der Waals surface area contributed by atoms with Crippen LogP contribution in [0.3, 0.4) is 0 Å². The van der Waals surface area contributed by atoms with E-state index in [4.69, 9.17) is 0 Å². The molecule has 0 spiro atoms. The smallest absolute Gasteiger partial charge is 0.321 e. The third-order valence-corrected chi connectivity index (χ3v) is 7.94. The quantitative estimate of drug-likeness (QED) is 0.717. The molecule has 2 N–H and O–H groups in total. The number of nitrogens with one attached hydrogen (secondary N) is 2. The van der Waals surface area contributed by atoms with Crippen LogP contribution < -0.4 is 10.6 Å². The van der Waals surface area contributed by atoms with Gasteiger partial charge in [-0.05, 0) is 23.9 Å². The molecule has 156 valence electrons. The molecule has 2 heterocycles. The fraction of sp³-hybridized carbons (Fsp3) is 0.368. The lowest BCUT2D eigenvalue weighted by Gasteiger charge is -2.37. The highest BCUT2D eigenvalue weighted by molar-refractivity contribution is 7.91. The molecule has 1 aliphatic heterocycles. The minimum Gasteiger partial charge on any atom is -0.338 e. The lowest BCUT2D eigenvalue weighted by molar-refractivity contribution is -0.126. The zero-order valence-corrected chi connectivity index (χ0v) is 17.7. The Morgan fingerprint density at radius 3 is 2.34 bits per heavy atom. The van der Waals surface area contributed by atoms with Crippen molar-refractivity contribution < 1.29 is 18.0 Å². The number of imide groups is 1. The predicted octanol–water partition coefficient (Wildman–Crippen LogP) is 1.64. The molecular formula is C19H24N4O4S2. The maximum absolute atomic E-state index is 12.8. The normalized spacial score (nSPS) is 16.9. The lowest BCUT2D eigenvalue weighted by Crippen LogP contribution is -2.53. The molecule has 0 aliphatic carbocycles. The second-order valence-electron chi connectivity index (χ2n) is 6.53. The van der Waals surface area contributed by atoms with Gasteiger partial charge in [0.1, 0.15) is 10.3 Å². The Bertz CT molecular complexity index is 924. The number of piperazine rings is 1. The second-order valence-corrected chi connectivity index (χ2v) is 9.65. The number of hydrogen-bond acceptors (Lipinski definition) is 6. The second kappa shape index (κ2) is 9.49. The van der Waals surface area contributed by atoms with Gasteiger partial charge in [0.15, 0.2) is 0 Å². The van der Waals surface area contributed by atoms with Crippen molar-refractivity contribution in [1.29, 1.82) is 0 Å². The first kappa shape index (κ1) is 21.4. The molecule has 1 unspecified atom stereocenters. The van der Waals surface area contributed by atoms with E-state index in [1.54, 1.807) is 24.4 Å². The third kappa shape index (κ3) is 5.02. The van der Waals surface area contributed by atoms with Crippen molar-refractivity contribution in [3.8, 4) is 0 Å². The van der Waals surface area contributed by atoms with Crippen molar-refractivity contribution in [3.63, 3.8) is 0 Å². The molecular weight excluding hydrogens is 412 g/mol. The third-order valence-electron chi connectivity index (χ3n) is 4.67. The lowest BCUT2D eigenvalue weighted by atomic mass is 10.0. The predicted molar refractivity (Wildman–Crippen MR) is 111 cm³/mol. The van der Waals surface area contributed by atoms with E-state index in [2.05, 4.69) is 10.6 Å². The summed E-state index contributed by atoms with van der Waals surface area (Å²) in [7, 11) is -3.52. The summed E-state index contributed by atoms with van der Waals surface area (Å²) in [6, 6.07) is 11.3. The molecule has 3 rings (SSSR count). The Balaban J connectivity index is 1.74. The first-order chi connectivity index (χ1) is 13.9. The number of urea groups is 1. The molecule has 0 radical (unpaired) electrons. The van der Waals surface area contributed by atoms with E-state index in [9.17, 15) is 18.0 Å². The van der Waals surface area contributed by atoms with Gasteiger partial charge in [-0.25, -0.2) is 13.2 Å². The van der Waals surface area contributed by atoms with Crippen molar-refractivity contribution in [2.24, 2.45) is 0 Å². The number of sulfonamides is 1. The first-order valence-corrected chi connectivity index (χ1v) is 11.7. The molecule has 1 aromatic carbocycles. The van der Waals surface area contributed by atoms with Crippen molar-refractivity contribution in [2.45, 2.75) is 17.2 Å². The minimum atomic E-state index is -3.52. The van der Waals surface area contributed by atoms with Gasteiger partial charge in [0.05, 0.1) is 0 Å². The Labute approximate surface area is 174 Å². The summed E-state index contributed by atoms with van der Waals surface area (Å²) < 4.78 is 27.2. The number of benzene rings is 1. The molecule has 2 aromatic rings. The van der Waals surface area contributed by atoms with E-state index >= 15 is 0 Å². The van der Waals surface area contributed by atoms with Gasteiger partial charge in [0.2, 0.25) is 5.91 Å². The average Bonchev–Trinajstić information content (AvgIpc) is 3.25. The molecule has 0 saturated carbocycles. The van der Waals surface area contributed by atoms with E-state index in [0.29, 0.717) is 23.8 Å². The molecule has 1 atom stereocenters. The van der Waals surface area contributed by atoms with Crippen LogP contribution in [-0.2, 0) is 14.8 Å². The standard InChI is InChI=1S/C19H24N4O4S2/c1-2-20-19(25)21-18(24)17(15-7-4-3-5-8-15)22-10-12-23(13-11-22)29(26,27)16-9-6-14-28-16/h3-9,14,17H,2,10-13H2,1H3,(H2,20,21,24,25). The van der Waals surface area contributed by atoms with E-state index in [1.165, 1.54) is 15.6 Å². The Morgan fingerprint density at radius 2 is 1.76 bits per heavy atom. The number of thiophene rings is 1. The van der Waals surface area contributed by atoms with Crippen LogP contribution in [0.2, 0.25) is 0 Å². The Kier molecular flexibility index (Phi) is 7.01. The minimum absolute atomic E-state index is 0.276. The van der Waals surface area contributed by atoms with Crippen molar-refractivity contribution >= 4 is 33.3 Å². The van der Waals surface area contributed by atoms with Gasteiger partial charge in [0, 0.05) is 32.7 Å². The van der Waals surface area contributed by atoms with Crippen LogP contribution in [0.25, 0.3) is 0 Å². The summed E-state index contributed by atoms with van der Waals surface area (Å²) in [6.07, 6.45) is 0. The molecule has 1 saturated heterocycles. The number of carbonyl (C=O) groups excluding carboxylic acids is 2. The SMILES string of the molecule is CCNC(=O)NC(=O)C(c1ccccc1)N1CCN(S(=O)(=O)c2cccs2)CC1.